The van der Waals surface area contributed by atoms with Crippen LogP contribution in [0.2, 0.25) is 0 Å². The molecule has 22 heavy (non-hydrogen) atoms. The molecule has 1 amide bonds. The van der Waals surface area contributed by atoms with Crippen LogP contribution < -0.4 is 5.32 Å². The number of carbonyl (C=O) groups excluding carboxylic acids is 3. The Bertz CT molecular complexity index is 546. The van der Waals surface area contributed by atoms with E-state index in [2.05, 4.69) is 5.32 Å². The van der Waals surface area contributed by atoms with Crippen LogP contribution in [0.3, 0.4) is 0 Å². The molecule has 1 heterocycles. The van der Waals surface area contributed by atoms with Gasteiger partial charge in [-0.3, -0.25) is 14.4 Å². The maximum absolute atomic E-state index is 11.9. The molecule has 5 nitrogen and oxygen atoms in total. The van der Waals surface area contributed by atoms with Gasteiger partial charge in [0.25, 0.3) is 0 Å². The summed E-state index contributed by atoms with van der Waals surface area (Å²) in [7, 11) is 0. The van der Waals surface area contributed by atoms with Crippen LogP contribution in [0.5, 0.6) is 0 Å². The number of ketones is 1. The summed E-state index contributed by atoms with van der Waals surface area (Å²) in [5.41, 5.74) is 0. The number of hydrogen-bond acceptors (Lipinski definition) is 5. The Kier molecular flexibility index (Phi) is 6.12. The molecule has 6 heteroatoms. The summed E-state index contributed by atoms with van der Waals surface area (Å²) in [5.74, 6) is -0.870. The van der Waals surface area contributed by atoms with Gasteiger partial charge in [0.1, 0.15) is 6.54 Å². The van der Waals surface area contributed by atoms with Crippen molar-refractivity contribution in [3.63, 3.8) is 0 Å². The number of hydrogen-bond donors (Lipinski definition) is 1. The van der Waals surface area contributed by atoms with E-state index in [9.17, 15) is 14.4 Å². The zero-order valence-electron chi connectivity index (χ0n) is 12.7. The lowest BCUT2D eigenvalue weighted by atomic mass is 9.89. The third-order valence-corrected chi connectivity index (χ3v) is 4.80. The molecule has 120 valence electrons. The average Bonchev–Trinajstić information content (AvgIpc) is 2.97. The number of rotatable bonds is 6. The first kappa shape index (κ1) is 16.7. The molecule has 1 aromatic heterocycles. The Hall–Kier alpha value is -1.69. The van der Waals surface area contributed by atoms with Crippen molar-refractivity contribution < 1.29 is 19.1 Å². The molecule has 1 fully saturated rings. The summed E-state index contributed by atoms with van der Waals surface area (Å²) in [4.78, 5) is 36.9. The predicted octanol–water partition coefficient (Wildman–Crippen LogP) is 2.48. The number of esters is 1. The van der Waals surface area contributed by atoms with E-state index in [1.807, 2.05) is 13.0 Å². The highest BCUT2D eigenvalue weighted by Gasteiger charge is 2.21. The first-order valence-electron chi connectivity index (χ1n) is 7.59. The molecule has 0 radical (unpaired) electrons. The van der Waals surface area contributed by atoms with Gasteiger partial charge in [-0.15, -0.1) is 11.3 Å². The van der Waals surface area contributed by atoms with E-state index >= 15 is 0 Å². The first-order chi connectivity index (χ1) is 10.6. The molecule has 0 atom stereocenters. The number of nitrogens with one attached hydrogen (secondary N) is 1. The number of amides is 1. The largest absolute Gasteiger partial charge is 0.456 e. The van der Waals surface area contributed by atoms with Crippen molar-refractivity contribution in [1.29, 1.82) is 0 Å². The fraction of sp³-hybridized carbons (Fsp3) is 0.562. The standard InChI is InChI=1S/C16H21NO4S/c1-11-7-8-14(22-11)13(18)10-21-15(19)9-17-16(20)12-5-3-2-4-6-12/h7-8,12H,2-6,9-10H2,1H3,(H,17,20). The lowest BCUT2D eigenvalue weighted by Crippen LogP contribution is -2.36. The van der Waals surface area contributed by atoms with Gasteiger partial charge in [-0.25, -0.2) is 0 Å². The van der Waals surface area contributed by atoms with Gasteiger partial charge in [0.05, 0.1) is 4.88 Å². The molecule has 0 unspecified atom stereocenters. The molecule has 1 aliphatic rings. The summed E-state index contributed by atoms with van der Waals surface area (Å²) < 4.78 is 4.91. The molecule has 0 aliphatic heterocycles. The van der Waals surface area contributed by atoms with Crippen molar-refractivity contribution in [3.05, 3.63) is 21.9 Å². The zero-order chi connectivity index (χ0) is 15.9. The Morgan fingerprint density at radius 1 is 1.23 bits per heavy atom. The molecular formula is C16H21NO4S. The quantitative estimate of drug-likeness (QED) is 0.645. The highest BCUT2D eigenvalue weighted by Crippen LogP contribution is 2.23. The maximum atomic E-state index is 11.9. The van der Waals surface area contributed by atoms with Crippen LogP contribution in [0, 0.1) is 12.8 Å². The molecular weight excluding hydrogens is 302 g/mol. The molecule has 1 aromatic rings. The Balaban J connectivity index is 1.67. The molecule has 1 aliphatic carbocycles. The fourth-order valence-electron chi connectivity index (χ4n) is 2.52. The third-order valence-electron chi connectivity index (χ3n) is 3.76. The lowest BCUT2D eigenvalue weighted by Gasteiger charge is -2.20. The monoisotopic (exact) mass is 323 g/mol. The van der Waals surface area contributed by atoms with Crippen molar-refractivity contribution in [2.75, 3.05) is 13.2 Å². The van der Waals surface area contributed by atoms with Gasteiger partial charge in [0.15, 0.2) is 6.61 Å². The van der Waals surface area contributed by atoms with E-state index in [1.165, 1.54) is 17.8 Å². The molecule has 1 saturated carbocycles. The van der Waals surface area contributed by atoms with Crippen LogP contribution in [0.1, 0.15) is 46.7 Å². The number of aryl methyl sites for hydroxylation is 1. The summed E-state index contributed by atoms with van der Waals surface area (Å²) >= 11 is 1.37. The van der Waals surface area contributed by atoms with Gasteiger partial charge in [0, 0.05) is 10.8 Å². The van der Waals surface area contributed by atoms with Crippen molar-refractivity contribution in [1.82, 2.24) is 5.32 Å². The summed E-state index contributed by atoms with van der Waals surface area (Å²) in [6, 6.07) is 3.57. The van der Waals surface area contributed by atoms with Gasteiger partial charge < -0.3 is 10.1 Å². The molecule has 1 N–H and O–H groups in total. The van der Waals surface area contributed by atoms with Crippen LogP contribution in [0.25, 0.3) is 0 Å². The van der Waals surface area contributed by atoms with Crippen molar-refractivity contribution in [2.45, 2.75) is 39.0 Å². The lowest BCUT2D eigenvalue weighted by molar-refractivity contribution is -0.143. The normalized spacial score (nSPS) is 15.3. The molecule has 0 spiro atoms. The smallest absolute Gasteiger partial charge is 0.325 e. The van der Waals surface area contributed by atoms with E-state index < -0.39 is 5.97 Å². The highest BCUT2D eigenvalue weighted by atomic mass is 32.1. The van der Waals surface area contributed by atoms with Crippen LogP contribution in [-0.2, 0) is 14.3 Å². The van der Waals surface area contributed by atoms with E-state index in [0.29, 0.717) is 4.88 Å². The second-order valence-corrected chi connectivity index (χ2v) is 6.83. The molecule has 0 aromatic carbocycles. The van der Waals surface area contributed by atoms with Crippen LogP contribution in [0.4, 0.5) is 0 Å². The predicted molar refractivity (Wildman–Crippen MR) is 83.9 cm³/mol. The van der Waals surface area contributed by atoms with Gasteiger partial charge in [0.2, 0.25) is 11.7 Å². The van der Waals surface area contributed by atoms with Gasteiger partial charge in [-0.05, 0) is 31.9 Å². The number of carbonyl (C=O) groups is 3. The Labute approximate surface area is 134 Å². The minimum absolute atomic E-state index is 0.0114. The summed E-state index contributed by atoms with van der Waals surface area (Å²) in [6.07, 6.45) is 5.08. The maximum Gasteiger partial charge on any atom is 0.325 e. The Morgan fingerprint density at radius 3 is 2.59 bits per heavy atom. The number of ether oxygens (including phenoxy) is 1. The topological polar surface area (TPSA) is 72.5 Å². The van der Waals surface area contributed by atoms with Crippen molar-refractivity contribution in [2.24, 2.45) is 5.92 Å². The number of thiophene rings is 1. The summed E-state index contributed by atoms with van der Waals surface area (Å²) in [6.45, 7) is 1.46. The minimum atomic E-state index is -0.578. The second kappa shape index (κ2) is 8.08. The first-order valence-corrected chi connectivity index (χ1v) is 8.41. The van der Waals surface area contributed by atoms with Gasteiger partial charge in [-0.2, -0.15) is 0 Å². The Morgan fingerprint density at radius 2 is 1.95 bits per heavy atom. The molecule has 0 saturated heterocycles. The fourth-order valence-corrected chi connectivity index (χ4v) is 3.31. The minimum Gasteiger partial charge on any atom is -0.456 e. The third kappa shape index (κ3) is 4.94. The van der Waals surface area contributed by atoms with E-state index in [4.69, 9.17) is 4.74 Å². The molecule has 2 rings (SSSR count). The van der Waals surface area contributed by atoms with E-state index in [-0.39, 0.29) is 30.8 Å². The van der Waals surface area contributed by atoms with Crippen molar-refractivity contribution >= 4 is 29.0 Å². The number of Topliss-reactive ketones (excluding diaryl/α,β-unsaturated/α-hetero) is 1. The van der Waals surface area contributed by atoms with E-state index in [1.54, 1.807) is 6.07 Å². The SMILES string of the molecule is Cc1ccc(C(=O)COC(=O)CNC(=O)C2CCCCC2)s1. The summed E-state index contributed by atoms with van der Waals surface area (Å²) in [5, 5.41) is 2.60. The molecule has 0 bridgehead atoms. The van der Waals surface area contributed by atoms with Crippen LogP contribution in [0.15, 0.2) is 12.1 Å². The van der Waals surface area contributed by atoms with Crippen LogP contribution in [-0.4, -0.2) is 30.8 Å². The van der Waals surface area contributed by atoms with Crippen LogP contribution >= 0.6 is 11.3 Å². The van der Waals surface area contributed by atoms with E-state index in [0.717, 1.165) is 30.6 Å². The van der Waals surface area contributed by atoms with Gasteiger partial charge >= 0.3 is 5.97 Å². The average molecular weight is 323 g/mol. The van der Waals surface area contributed by atoms with Crippen molar-refractivity contribution in [3.8, 4) is 0 Å². The zero-order valence-corrected chi connectivity index (χ0v) is 13.5. The van der Waals surface area contributed by atoms with Gasteiger partial charge in [-0.1, -0.05) is 19.3 Å². The highest BCUT2D eigenvalue weighted by molar-refractivity contribution is 7.14. The second-order valence-electron chi connectivity index (χ2n) is 5.55.